The molecule has 0 unspecified atom stereocenters. The van der Waals surface area contributed by atoms with Crippen LogP contribution in [0.25, 0.3) is 10.2 Å². The highest BCUT2D eigenvalue weighted by Gasteiger charge is 1.96. The van der Waals surface area contributed by atoms with Crippen LogP contribution in [0.1, 0.15) is 5.56 Å². The van der Waals surface area contributed by atoms with Crippen LogP contribution < -0.4 is 4.74 Å². The van der Waals surface area contributed by atoms with Crippen molar-refractivity contribution in [1.82, 2.24) is 4.98 Å². The van der Waals surface area contributed by atoms with E-state index in [9.17, 15) is 0 Å². The summed E-state index contributed by atoms with van der Waals surface area (Å²) in [4.78, 5) is 4.16. The second-order valence-corrected chi connectivity index (χ2v) is 4.73. The fraction of sp³-hybridized carbons (Fsp3) is 0.133. The Bertz CT molecular complexity index is 604. The van der Waals surface area contributed by atoms with Crippen LogP contribution in [-0.2, 0) is 0 Å². The van der Waals surface area contributed by atoms with E-state index in [0.717, 1.165) is 11.3 Å². The Kier molecular flexibility index (Phi) is 4.31. The van der Waals surface area contributed by atoms with Crippen molar-refractivity contribution in [3.8, 4) is 5.75 Å². The number of nitrogens with zero attached hydrogens (tertiary/aromatic N) is 1. The maximum Gasteiger partial charge on any atom is 0.120 e. The molecule has 0 N–H and O–H groups in total. The first-order valence-electron chi connectivity index (χ1n) is 5.68. The first-order chi connectivity index (χ1) is 8.79. The topological polar surface area (TPSA) is 22.1 Å². The zero-order valence-corrected chi connectivity index (χ0v) is 11.3. The summed E-state index contributed by atoms with van der Waals surface area (Å²) in [7, 11) is 1.67. The van der Waals surface area contributed by atoms with Crippen molar-refractivity contribution in [2.45, 2.75) is 6.92 Å². The fourth-order valence-electron chi connectivity index (χ4n) is 1.50. The highest BCUT2D eigenvalue weighted by atomic mass is 32.1. The molecule has 3 heteroatoms. The molecular weight excluding hydrogens is 242 g/mol. The summed E-state index contributed by atoms with van der Waals surface area (Å²) < 4.78 is 6.24. The van der Waals surface area contributed by atoms with Gasteiger partial charge < -0.3 is 4.74 Å². The van der Waals surface area contributed by atoms with E-state index in [4.69, 9.17) is 4.74 Å². The van der Waals surface area contributed by atoms with E-state index in [1.165, 1.54) is 10.3 Å². The molecule has 0 radical (unpaired) electrons. The van der Waals surface area contributed by atoms with E-state index in [1.807, 2.05) is 41.9 Å². The van der Waals surface area contributed by atoms with Gasteiger partial charge in [-0.15, -0.1) is 11.3 Å². The Hall–Kier alpha value is -1.87. The molecule has 1 aromatic heterocycles. The second kappa shape index (κ2) is 6.17. The molecule has 2 aromatic carbocycles. The molecule has 0 atom stereocenters. The summed E-state index contributed by atoms with van der Waals surface area (Å²) in [5.41, 5.74) is 4.20. The van der Waals surface area contributed by atoms with Crippen LogP contribution in [0, 0.1) is 6.92 Å². The molecule has 0 aliphatic carbocycles. The molecule has 0 aliphatic rings. The van der Waals surface area contributed by atoms with E-state index in [1.54, 1.807) is 18.4 Å². The van der Waals surface area contributed by atoms with Gasteiger partial charge in [-0.25, -0.2) is 4.98 Å². The zero-order valence-electron chi connectivity index (χ0n) is 10.5. The zero-order chi connectivity index (χ0) is 12.8. The Balaban J connectivity index is 0.000000149. The largest absolute Gasteiger partial charge is 0.497 e. The molecule has 3 rings (SSSR count). The van der Waals surface area contributed by atoms with Crippen molar-refractivity contribution in [2.75, 3.05) is 7.11 Å². The quantitative estimate of drug-likeness (QED) is 0.648. The lowest BCUT2D eigenvalue weighted by molar-refractivity contribution is 0.415. The highest BCUT2D eigenvalue weighted by molar-refractivity contribution is 7.16. The number of hydrogen-bond donors (Lipinski definition) is 0. The third-order valence-corrected chi connectivity index (χ3v) is 3.27. The minimum absolute atomic E-state index is 0.891. The molecule has 1 heterocycles. The number of fused-ring (bicyclic) bond motifs is 1. The van der Waals surface area contributed by atoms with Gasteiger partial charge in [0.1, 0.15) is 5.75 Å². The van der Waals surface area contributed by atoms with E-state index in [2.05, 4.69) is 24.0 Å². The van der Waals surface area contributed by atoms with Gasteiger partial charge in [0.2, 0.25) is 0 Å². The SMILES string of the molecule is COc1ccc2ncsc2c1.Cc1ccccc1. The minimum Gasteiger partial charge on any atom is -0.497 e. The van der Waals surface area contributed by atoms with E-state index < -0.39 is 0 Å². The first kappa shape index (κ1) is 12.6. The first-order valence-corrected chi connectivity index (χ1v) is 6.56. The highest BCUT2D eigenvalue weighted by Crippen LogP contribution is 2.22. The van der Waals surface area contributed by atoms with Crippen molar-refractivity contribution in [3.05, 3.63) is 59.6 Å². The molecule has 3 aromatic rings. The molecule has 0 saturated heterocycles. The van der Waals surface area contributed by atoms with E-state index in [-0.39, 0.29) is 0 Å². The molecule has 0 fully saturated rings. The predicted octanol–water partition coefficient (Wildman–Crippen LogP) is 4.30. The maximum absolute atomic E-state index is 5.07. The van der Waals surface area contributed by atoms with Gasteiger partial charge in [-0.1, -0.05) is 35.9 Å². The smallest absolute Gasteiger partial charge is 0.120 e. The number of aromatic nitrogens is 1. The number of aryl methyl sites for hydroxylation is 1. The Morgan fingerprint density at radius 1 is 1.06 bits per heavy atom. The van der Waals surface area contributed by atoms with Crippen molar-refractivity contribution in [3.63, 3.8) is 0 Å². The molecule has 0 aliphatic heterocycles. The van der Waals surface area contributed by atoms with Crippen LogP contribution >= 0.6 is 11.3 Å². The second-order valence-electron chi connectivity index (χ2n) is 3.84. The third-order valence-electron chi connectivity index (χ3n) is 2.48. The maximum atomic E-state index is 5.07. The van der Waals surface area contributed by atoms with Gasteiger partial charge in [0, 0.05) is 0 Å². The number of rotatable bonds is 1. The van der Waals surface area contributed by atoms with Crippen molar-refractivity contribution in [1.29, 1.82) is 0 Å². The van der Waals surface area contributed by atoms with Gasteiger partial charge in [-0.2, -0.15) is 0 Å². The molecule has 2 nitrogen and oxygen atoms in total. The van der Waals surface area contributed by atoms with Crippen LogP contribution in [0.5, 0.6) is 5.75 Å². The number of thiazole rings is 1. The lowest BCUT2D eigenvalue weighted by atomic mass is 10.2. The van der Waals surface area contributed by atoms with Crippen LogP contribution in [0.2, 0.25) is 0 Å². The van der Waals surface area contributed by atoms with Gasteiger partial charge in [0.05, 0.1) is 22.8 Å². The number of ether oxygens (including phenoxy) is 1. The average molecular weight is 257 g/mol. The van der Waals surface area contributed by atoms with Gasteiger partial charge >= 0.3 is 0 Å². The molecule has 0 spiro atoms. The Morgan fingerprint density at radius 3 is 2.44 bits per heavy atom. The molecule has 18 heavy (non-hydrogen) atoms. The van der Waals surface area contributed by atoms with Crippen LogP contribution in [0.4, 0.5) is 0 Å². The van der Waals surface area contributed by atoms with Crippen LogP contribution in [0.3, 0.4) is 0 Å². The minimum atomic E-state index is 0.891. The average Bonchev–Trinajstić information content (AvgIpc) is 2.87. The lowest BCUT2D eigenvalue weighted by Crippen LogP contribution is -1.80. The van der Waals surface area contributed by atoms with Gasteiger partial charge in [0.15, 0.2) is 0 Å². The molecule has 0 bridgehead atoms. The Morgan fingerprint density at radius 2 is 1.83 bits per heavy atom. The predicted molar refractivity (Wildman–Crippen MR) is 77.4 cm³/mol. The van der Waals surface area contributed by atoms with Crippen molar-refractivity contribution >= 4 is 21.6 Å². The molecule has 92 valence electrons. The molecule has 0 amide bonds. The normalized spacial score (nSPS) is 9.67. The summed E-state index contributed by atoms with van der Waals surface area (Å²) in [6, 6.07) is 16.1. The van der Waals surface area contributed by atoms with Crippen molar-refractivity contribution < 1.29 is 4.74 Å². The summed E-state index contributed by atoms with van der Waals surface area (Å²) in [6.07, 6.45) is 0. The summed E-state index contributed by atoms with van der Waals surface area (Å²) in [5, 5.41) is 0. The van der Waals surface area contributed by atoms with Crippen molar-refractivity contribution in [2.24, 2.45) is 0 Å². The van der Waals surface area contributed by atoms with E-state index in [0.29, 0.717) is 0 Å². The molecule has 0 saturated carbocycles. The van der Waals surface area contributed by atoms with Gasteiger partial charge in [0.25, 0.3) is 0 Å². The van der Waals surface area contributed by atoms with Crippen LogP contribution in [-0.4, -0.2) is 12.1 Å². The Labute approximate surface area is 111 Å². The molecular formula is C15H15NOS. The van der Waals surface area contributed by atoms with E-state index >= 15 is 0 Å². The summed E-state index contributed by atoms with van der Waals surface area (Å²) in [5.74, 6) is 0.891. The third kappa shape index (κ3) is 3.31. The number of hydrogen-bond acceptors (Lipinski definition) is 3. The monoisotopic (exact) mass is 257 g/mol. The fourth-order valence-corrected chi connectivity index (χ4v) is 2.20. The summed E-state index contributed by atoms with van der Waals surface area (Å²) in [6.45, 7) is 2.08. The number of methoxy groups -OCH3 is 1. The van der Waals surface area contributed by atoms with Gasteiger partial charge in [-0.3, -0.25) is 0 Å². The van der Waals surface area contributed by atoms with Gasteiger partial charge in [-0.05, 0) is 25.1 Å². The van der Waals surface area contributed by atoms with Crippen LogP contribution in [0.15, 0.2) is 54.0 Å². The summed E-state index contributed by atoms with van der Waals surface area (Å²) >= 11 is 1.63. The number of benzene rings is 2. The standard InChI is InChI=1S/C8H7NOS.C7H8/c1-10-6-2-3-7-8(4-6)11-5-9-7;1-7-5-3-2-4-6-7/h2-5H,1H3;2-6H,1H3. The lowest BCUT2D eigenvalue weighted by Gasteiger charge is -1.96.